The summed E-state index contributed by atoms with van der Waals surface area (Å²) in [6, 6.07) is 1.25. The van der Waals surface area contributed by atoms with E-state index in [0.29, 0.717) is 6.04 Å². The number of rotatable bonds is 5. The molecule has 0 saturated heterocycles. The van der Waals surface area contributed by atoms with Gasteiger partial charge in [-0.15, -0.1) is 0 Å². The van der Waals surface area contributed by atoms with Crippen LogP contribution in [-0.4, -0.2) is 18.6 Å². The van der Waals surface area contributed by atoms with Crippen molar-refractivity contribution in [2.75, 3.05) is 6.54 Å². The van der Waals surface area contributed by atoms with E-state index in [2.05, 4.69) is 5.32 Å². The maximum atomic E-state index is 5.91. The molecule has 2 aliphatic carbocycles. The SMILES string of the molecule is NC1CCC(NCCCC2CCCC2)CC1. The lowest BCUT2D eigenvalue weighted by Gasteiger charge is -2.27. The largest absolute Gasteiger partial charge is 0.328 e. The minimum Gasteiger partial charge on any atom is -0.328 e. The van der Waals surface area contributed by atoms with Gasteiger partial charge in [0.2, 0.25) is 0 Å². The summed E-state index contributed by atoms with van der Waals surface area (Å²) < 4.78 is 0. The molecule has 2 aliphatic rings. The van der Waals surface area contributed by atoms with Crippen LogP contribution in [0.1, 0.15) is 64.2 Å². The van der Waals surface area contributed by atoms with Crippen molar-refractivity contribution in [2.45, 2.75) is 76.3 Å². The van der Waals surface area contributed by atoms with E-state index in [-0.39, 0.29) is 0 Å². The zero-order valence-electron chi connectivity index (χ0n) is 10.6. The van der Waals surface area contributed by atoms with E-state index in [1.165, 1.54) is 70.8 Å². The van der Waals surface area contributed by atoms with Gasteiger partial charge in [-0.3, -0.25) is 0 Å². The van der Waals surface area contributed by atoms with Crippen molar-refractivity contribution in [2.24, 2.45) is 11.7 Å². The molecule has 3 N–H and O–H groups in total. The molecule has 0 spiro atoms. The van der Waals surface area contributed by atoms with Crippen molar-refractivity contribution < 1.29 is 0 Å². The zero-order chi connectivity index (χ0) is 11.2. The summed E-state index contributed by atoms with van der Waals surface area (Å²) in [6.07, 6.45) is 13.8. The average molecular weight is 224 g/mol. The van der Waals surface area contributed by atoms with Gasteiger partial charge < -0.3 is 11.1 Å². The molecule has 0 heterocycles. The lowest BCUT2D eigenvalue weighted by Crippen LogP contribution is -2.37. The van der Waals surface area contributed by atoms with Gasteiger partial charge in [0, 0.05) is 12.1 Å². The maximum absolute atomic E-state index is 5.91. The van der Waals surface area contributed by atoms with Crippen molar-refractivity contribution in [3.8, 4) is 0 Å². The molecule has 0 amide bonds. The lowest BCUT2D eigenvalue weighted by atomic mass is 9.91. The molecular formula is C14H28N2. The first kappa shape index (κ1) is 12.4. The topological polar surface area (TPSA) is 38.0 Å². The Hall–Kier alpha value is -0.0800. The summed E-state index contributed by atoms with van der Waals surface area (Å²) in [7, 11) is 0. The molecule has 0 aliphatic heterocycles. The molecule has 2 heteroatoms. The Labute approximate surface area is 100 Å². The van der Waals surface area contributed by atoms with Crippen LogP contribution in [0.3, 0.4) is 0 Å². The first-order chi connectivity index (χ1) is 7.84. The van der Waals surface area contributed by atoms with Gasteiger partial charge in [0.05, 0.1) is 0 Å². The van der Waals surface area contributed by atoms with Crippen LogP contribution in [0, 0.1) is 5.92 Å². The van der Waals surface area contributed by atoms with E-state index < -0.39 is 0 Å². The summed E-state index contributed by atoms with van der Waals surface area (Å²) in [5.41, 5.74) is 5.91. The second kappa shape index (κ2) is 6.61. The van der Waals surface area contributed by atoms with Crippen molar-refractivity contribution >= 4 is 0 Å². The summed E-state index contributed by atoms with van der Waals surface area (Å²) >= 11 is 0. The fourth-order valence-electron chi connectivity index (χ4n) is 3.32. The summed E-state index contributed by atoms with van der Waals surface area (Å²) in [5, 5.41) is 3.71. The molecule has 2 fully saturated rings. The Bertz CT molecular complexity index is 179. The highest BCUT2D eigenvalue weighted by atomic mass is 14.9. The quantitative estimate of drug-likeness (QED) is 0.705. The van der Waals surface area contributed by atoms with Crippen LogP contribution in [0.4, 0.5) is 0 Å². The van der Waals surface area contributed by atoms with Gasteiger partial charge in [0.15, 0.2) is 0 Å². The summed E-state index contributed by atoms with van der Waals surface area (Å²) in [5.74, 6) is 1.06. The van der Waals surface area contributed by atoms with E-state index in [1.54, 1.807) is 0 Å². The number of nitrogens with one attached hydrogen (secondary N) is 1. The third-order valence-corrected chi connectivity index (χ3v) is 4.47. The first-order valence-electron chi connectivity index (χ1n) is 7.33. The predicted octanol–water partition coefficient (Wildman–Crippen LogP) is 2.82. The van der Waals surface area contributed by atoms with E-state index >= 15 is 0 Å². The monoisotopic (exact) mass is 224 g/mol. The van der Waals surface area contributed by atoms with Crippen LogP contribution >= 0.6 is 0 Å². The van der Waals surface area contributed by atoms with Gasteiger partial charge in [-0.25, -0.2) is 0 Å². The second-order valence-corrected chi connectivity index (χ2v) is 5.86. The van der Waals surface area contributed by atoms with Crippen LogP contribution in [0.5, 0.6) is 0 Å². The van der Waals surface area contributed by atoms with Crippen molar-refractivity contribution in [3.63, 3.8) is 0 Å². The number of hydrogen-bond acceptors (Lipinski definition) is 2. The van der Waals surface area contributed by atoms with Crippen molar-refractivity contribution in [1.82, 2.24) is 5.32 Å². The highest BCUT2D eigenvalue weighted by Crippen LogP contribution is 2.28. The first-order valence-corrected chi connectivity index (χ1v) is 7.33. The molecule has 0 radical (unpaired) electrons. The molecule has 16 heavy (non-hydrogen) atoms. The van der Waals surface area contributed by atoms with Crippen LogP contribution in [0.25, 0.3) is 0 Å². The van der Waals surface area contributed by atoms with Crippen LogP contribution in [0.2, 0.25) is 0 Å². The molecule has 0 bridgehead atoms. The Morgan fingerprint density at radius 3 is 2.31 bits per heavy atom. The normalized spacial score (nSPS) is 32.1. The molecule has 2 rings (SSSR count). The minimum absolute atomic E-state index is 0.483. The fraction of sp³-hybridized carbons (Fsp3) is 1.00. The molecular weight excluding hydrogens is 196 g/mol. The standard InChI is InChI=1S/C14H28N2/c15-13-7-9-14(10-8-13)16-11-3-6-12-4-1-2-5-12/h12-14,16H,1-11,15H2. The van der Waals surface area contributed by atoms with E-state index in [0.717, 1.165) is 12.0 Å². The molecule has 0 aromatic heterocycles. The van der Waals surface area contributed by atoms with Gasteiger partial charge in [-0.05, 0) is 51.0 Å². The molecule has 0 unspecified atom stereocenters. The fourth-order valence-corrected chi connectivity index (χ4v) is 3.32. The molecule has 94 valence electrons. The third-order valence-electron chi connectivity index (χ3n) is 4.47. The van der Waals surface area contributed by atoms with Crippen LogP contribution < -0.4 is 11.1 Å². The summed E-state index contributed by atoms with van der Waals surface area (Å²) in [4.78, 5) is 0. The Morgan fingerprint density at radius 1 is 0.938 bits per heavy atom. The van der Waals surface area contributed by atoms with Gasteiger partial charge in [0.25, 0.3) is 0 Å². The van der Waals surface area contributed by atoms with E-state index in [4.69, 9.17) is 5.73 Å². The molecule has 0 aromatic carbocycles. The zero-order valence-corrected chi connectivity index (χ0v) is 10.6. The number of nitrogens with two attached hydrogens (primary N) is 1. The van der Waals surface area contributed by atoms with Crippen molar-refractivity contribution in [3.05, 3.63) is 0 Å². The van der Waals surface area contributed by atoms with Crippen molar-refractivity contribution in [1.29, 1.82) is 0 Å². The minimum atomic E-state index is 0.483. The Kier molecular flexibility index (Phi) is 5.11. The van der Waals surface area contributed by atoms with Gasteiger partial charge >= 0.3 is 0 Å². The third kappa shape index (κ3) is 4.06. The summed E-state index contributed by atoms with van der Waals surface area (Å²) in [6.45, 7) is 1.23. The number of hydrogen-bond donors (Lipinski definition) is 2. The molecule has 0 atom stereocenters. The van der Waals surface area contributed by atoms with Gasteiger partial charge in [-0.2, -0.15) is 0 Å². The molecule has 0 aromatic rings. The van der Waals surface area contributed by atoms with Crippen LogP contribution in [-0.2, 0) is 0 Å². The highest BCUT2D eigenvalue weighted by molar-refractivity contribution is 4.78. The Morgan fingerprint density at radius 2 is 1.62 bits per heavy atom. The van der Waals surface area contributed by atoms with Gasteiger partial charge in [-0.1, -0.05) is 25.7 Å². The van der Waals surface area contributed by atoms with E-state index in [1.807, 2.05) is 0 Å². The Balaban J connectivity index is 1.48. The smallest absolute Gasteiger partial charge is 0.00682 e. The van der Waals surface area contributed by atoms with E-state index in [9.17, 15) is 0 Å². The van der Waals surface area contributed by atoms with Gasteiger partial charge in [0.1, 0.15) is 0 Å². The maximum Gasteiger partial charge on any atom is 0.00682 e. The molecule has 2 saturated carbocycles. The van der Waals surface area contributed by atoms with Crippen LogP contribution in [0.15, 0.2) is 0 Å². The highest BCUT2D eigenvalue weighted by Gasteiger charge is 2.18. The lowest BCUT2D eigenvalue weighted by molar-refractivity contribution is 0.336. The predicted molar refractivity (Wildman–Crippen MR) is 69.4 cm³/mol. The second-order valence-electron chi connectivity index (χ2n) is 5.86. The molecule has 2 nitrogen and oxygen atoms in total. The average Bonchev–Trinajstić information content (AvgIpc) is 2.80.